The molecule has 0 radical (unpaired) electrons. The maximum Gasteiger partial charge on any atom is 0.183 e. The molecule has 1 spiro atoms. The van der Waals surface area contributed by atoms with Crippen LogP contribution in [0.15, 0.2) is 48.8 Å². The lowest BCUT2D eigenvalue weighted by molar-refractivity contribution is 0.0733. The zero-order valence-electron chi connectivity index (χ0n) is 19.0. The predicted octanol–water partition coefficient (Wildman–Crippen LogP) is 4.92. The summed E-state index contributed by atoms with van der Waals surface area (Å²) in [4.78, 5) is 29.7. The number of benzene rings is 1. The minimum Gasteiger partial charge on any atom is -0.321 e. The van der Waals surface area contributed by atoms with E-state index in [0.29, 0.717) is 11.7 Å². The molecular weight excluding hydrogens is 424 g/mol. The number of fused-ring (bicyclic) bond motifs is 3. The molecule has 0 bridgehead atoms. The van der Waals surface area contributed by atoms with E-state index in [1.54, 1.807) is 0 Å². The van der Waals surface area contributed by atoms with Crippen molar-refractivity contribution in [3.63, 3.8) is 0 Å². The third-order valence-electron chi connectivity index (χ3n) is 8.11. The summed E-state index contributed by atoms with van der Waals surface area (Å²) in [5.41, 5.74) is 6.67. The number of nitrogens with zero attached hydrogens (tertiary/aromatic N) is 5. The summed E-state index contributed by atoms with van der Waals surface area (Å²) in [6.45, 7) is 0.892. The summed E-state index contributed by atoms with van der Waals surface area (Å²) in [6.07, 6.45) is 10.4. The number of ketones is 1. The number of aryl methyl sites for hydroxylation is 1. The number of H-pyrrole nitrogens is 1. The SMILES string of the molecule is O=C1c2ccccc2C[C@]12CC[C@H](c1cnc3c(N4CCCc5ncccc54)n[nH]c3n1)CC2. The van der Waals surface area contributed by atoms with Crippen LogP contribution in [-0.2, 0) is 12.8 Å². The van der Waals surface area contributed by atoms with Crippen LogP contribution in [-0.4, -0.2) is 37.5 Å². The van der Waals surface area contributed by atoms with E-state index in [2.05, 4.69) is 32.2 Å². The number of anilines is 2. The maximum atomic E-state index is 13.2. The minimum absolute atomic E-state index is 0.214. The van der Waals surface area contributed by atoms with Crippen LogP contribution >= 0.6 is 0 Å². The molecule has 4 aromatic rings. The van der Waals surface area contributed by atoms with Crippen molar-refractivity contribution in [2.75, 3.05) is 11.4 Å². The van der Waals surface area contributed by atoms with E-state index < -0.39 is 0 Å². The van der Waals surface area contributed by atoms with Crippen molar-refractivity contribution >= 4 is 28.5 Å². The van der Waals surface area contributed by atoms with E-state index in [1.165, 1.54) is 5.56 Å². The molecule has 3 aromatic heterocycles. The summed E-state index contributed by atoms with van der Waals surface area (Å²) >= 11 is 0. The Balaban J connectivity index is 1.13. The molecule has 0 unspecified atom stereocenters. The lowest BCUT2D eigenvalue weighted by Gasteiger charge is -2.35. The first-order valence-electron chi connectivity index (χ1n) is 12.3. The zero-order valence-corrected chi connectivity index (χ0v) is 19.0. The zero-order chi connectivity index (χ0) is 22.7. The van der Waals surface area contributed by atoms with Crippen molar-refractivity contribution in [1.82, 2.24) is 25.1 Å². The standard InChI is InChI=1S/C27H26N6O/c34-24-19-6-2-1-5-18(19)15-27(24)11-9-17(10-12-27)21-16-29-23-25(30-21)31-32-26(23)33-14-4-7-20-22(33)8-3-13-28-20/h1-3,5-6,8,13,16-17H,4,7,9-12,14-15H2,(H,30,31,32)/t17-,27+. The summed E-state index contributed by atoms with van der Waals surface area (Å²) in [7, 11) is 0. The Bertz CT molecular complexity index is 1420. The summed E-state index contributed by atoms with van der Waals surface area (Å²) in [5.74, 6) is 1.49. The van der Waals surface area contributed by atoms with Gasteiger partial charge >= 0.3 is 0 Å². The number of nitrogens with one attached hydrogen (secondary N) is 1. The van der Waals surface area contributed by atoms with Gasteiger partial charge < -0.3 is 4.90 Å². The van der Waals surface area contributed by atoms with E-state index in [-0.39, 0.29) is 5.41 Å². The molecular formula is C27H26N6O. The Hall–Kier alpha value is -3.61. The molecule has 1 saturated carbocycles. The van der Waals surface area contributed by atoms with Crippen LogP contribution in [0.3, 0.4) is 0 Å². The highest BCUT2D eigenvalue weighted by molar-refractivity contribution is 6.05. The van der Waals surface area contributed by atoms with Crippen LogP contribution in [0.1, 0.15) is 65.3 Å². The van der Waals surface area contributed by atoms with Gasteiger partial charge in [-0.2, -0.15) is 5.10 Å². The van der Waals surface area contributed by atoms with E-state index in [0.717, 1.165) is 91.1 Å². The van der Waals surface area contributed by atoms with Gasteiger partial charge in [-0.3, -0.25) is 14.9 Å². The quantitative estimate of drug-likeness (QED) is 0.467. The largest absolute Gasteiger partial charge is 0.321 e. The van der Waals surface area contributed by atoms with E-state index >= 15 is 0 Å². The topological polar surface area (TPSA) is 87.7 Å². The molecule has 1 N–H and O–H groups in total. The minimum atomic E-state index is -0.214. The number of hydrogen-bond donors (Lipinski definition) is 1. The van der Waals surface area contributed by atoms with E-state index in [4.69, 9.17) is 9.97 Å². The first-order valence-corrected chi connectivity index (χ1v) is 12.3. The van der Waals surface area contributed by atoms with Crippen LogP contribution in [0.25, 0.3) is 11.2 Å². The number of hydrogen-bond acceptors (Lipinski definition) is 6. The molecule has 170 valence electrons. The highest BCUT2D eigenvalue weighted by Crippen LogP contribution is 2.50. The van der Waals surface area contributed by atoms with Gasteiger partial charge in [0, 0.05) is 35.8 Å². The molecule has 7 heteroatoms. The number of carbonyl (C=O) groups is 1. The van der Waals surface area contributed by atoms with Gasteiger partial charge in [0.25, 0.3) is 0 Å². The fourth-order valence-electron chi connectivity index (χ4n) is 6.30. The number of carbonyl (C=O) groups excluding carboxylic acids is 1. The Labute approximate surface area is 197 Å². The average Bonchev–Trinajstić information content (AvgIpc) is 3.43. The molecule has 3 aliphatic rings. The van der Waals surface area contributed by atoms with Gasteiger partial charge in [-0.25, -0.2) is 9.97 Å². The van der Waals surface area contributed by atoms with Gasteiger partial charge in [-0.1, -0.05) is 24.3 Å². The third kappa shape index (κ3) is 2.92. The first-order chi connectivity index (χ1) is 16.7. The highest BCUT2D eigenvalue weighted by Gasteiger charge is 2.47. The normalized spacial score (nSPS) is 23.9. The molecule has 7 rings (SSSR count). The molecule has 1 aromatic carbocycles. The lowest BCUT2D eigenvalue weighted by Crippen LogP contribution is -2.32. The monoisotopic (exact) mass is 450 g/mol. The molecule has 7 nitrogen and oxygen atoms in total. The fraction of sp³-hybridized carbons (Fsp3) is 0.370. The van der Waals surface area contributed by atoms with Gasteiger partial charge in [-0.15, -0.1) is 0 Å². The molecule has 0 saturated heterocycles. The van der Waals surface area contributed by atoms with Crippen LogP contribution in [0.4, 0.5) is 11.5 Å². The van der Waals surface area contributed by atoms with Crippen LogP contribution in [0, 0.1) is 5.41 Å². The Kier molecular flexibility index (Phi) is 4.34. The second-order valence-electron chi connectivity index (χ2n) is 9.98. The smallest absolute Gasteiger partial charge is 0.183 e. The lowest BCUT2D eigenvalue weighted by atomic mass is 9.67. The summed E-state index contributed by atoms with van der Waals surface area (Å²) in [5, 5.41) is 7.72. The van der Waals surface area contributed by atoms with Crippen LogP contribution in [0.2, 0.25) is 0 Å². The Morgan fingerprint density at radius 2 is 1.94 bits per heavy atom. The first kappa shape index (κ1) is 19.8. The molecule has 34 heavy (non-hydrogen) atoms. The van der Waals surface area contributed by atoms with Crippen molar-refractivity contribution in [3.8, 4) is 0 Å². The third-order valence-corrected chi connectivity index (χ3v) is 8.11. The highest BCUT2D eigenvalue weighted by atomic mass is 16.1. The second-order valence-corrected chi connectivity index (χ2v) is 9.98. The number of Topliss-reactive ketones (excluding diaryl/α,β-unsaturated/α-hetero) is 1. The summed E-state index contributed by atoms with van der Waals surface area (Å²) < 4.78 is 0. The number of aromatic nitrogens is 5. The Morgan fingerprint density at radius 3 is 2.82 bits per heavy atom. The fourth-order valence-corrected chi connectivity index (χ4v) is 6.30. The molecule has 0 atom stereocenters. The van der Waals surface area contributed by atoms with Crippen molar-refractivity contribution < 1.29 is 4.79 Å². The van der Waals surface area contributed by atoms with Gasteiger partial charge in [0.05, 0.1) is 17.1 Å². The number of pyridine rings is 1. The maximum absolute atomic E-state index is 13.2. The summed E-state index contributed by atoms with van der Waals surface area (Å²) in [6, 6.07) is 12.2. The van der Waals surface area contributed by atoms with Gasteiger partial charge in [0.15, 0.2) is 22.8 Å². The van der Waals surface area contributed by atoms with Gasteiger partial charge in [-0.05, 0) is 62.6 Å². The number of aromatic amines is 1. The van der Waals surface area contributed by atoms with Crippen molar-refractivity contribution in [2.45, 2.75) is 50.9 Å². The van der Waals surface area contributed by atoms with Gasteiger partial charge in [0.2, 0.25) is 0 Å². The predicted molar refractivity (Wildman–Crippen MR) is 129 cm³/mol. The molecule has 0 amide bonds. The van der Waals surface area contributed by atoms with Crippen molar-refractivity contribution in [2.24, 2.45) is 5.41 Å². The van der Waals surface area contributed by atoms with E-state index in [1.807, 2.05) is 36.7 Å². The van der Waals surface area contributed by atoms with E-state index in [9.17, 15) is 4.79 Å². The second kappa shape index (κ2) is 7.45. The van der Waals surface area contributed by atoms with Crippen molar-refractivity contribution in [3.05, 3.63) is 71.3 Å². The van der Waals surface area contributed by atoms with Crippen molar-refractivity contribution in [1.29, 1.82) is 0 Å². The Morgan fingerprint density at radius 1 is 1.06 bits per heavy atom. The molecule has 1 fully saturated rings. The van der Waals surface area contributed by atoms with Crippen LogP contribution < -0.4 is 4.90 Å². The molecule has 4 heterocycles. The molecule has 1 aliphatic heterocycles. The average molecular weight is 451 g/mol. The van der Waals surface area contributed by atoms with Crippen LogP contribution in [0.5, 0.6) is 0 Å². The molecule has 2 aliphatic carbocycles. The number of rotatable bonds is 2. The van der Waals surface area contributed by atoms with Gasteiger partial charge in [0.1, 0.15) is 0 Å².